The molecule has 0 bridgehead atoms. The van der Waals surface area contributed by atoms with E-state index in [2.05, 4.69) is 31.7 Å². The second-order valence-corrected chi connectivity index (χ2v) is 8.11. The van der Waals surface area contributed by atoms with Gasteiger partial charge in [0.1, 0.15) is 12.4 Å². The van der Waals surface area contributed by atoms with Crippen LogP contribution >= 0.6 is 0 Å². The Balaban J connectivity index is 0.00000126. The minimum atomic E-state index is 0.244. The topological polar surface area (TPSA) is 29.5 Å². The summed E-state index contributed by atoms with van der Waals surface area (Å²) in [6.45, 7) is 10.4. The maximum absolute atomic E-state index is 9.35. The van der Waals surface area contributed by atoms with Gasteiger partial charge in [-0.1, -0.05) is 64.8 Å². The summed E-state index contributed by atoms with van der Waals surface area (Å²) in [5.41, 5.74) is 3.18. The third-order valence-corrected chi connectivity index (χ3v) is 5.95. The van der Waals surface area contributed by atoms with Crippen LogP contribution < -0.4 is 4.74 Å². The molecule has 1 saturated carbocycles. The van der Waals surface area contributed by atoms with Gasteiger partial charge in [-0.3, -0.25) is 0 Å². The molecular formula is C25H38O2. The molecule has 0 saturated heterocycles. The van der Waals surface area contributed by atoms with Crippen molar-refractivity contribution in [3.63, 3.8) is 0 Å². The summed E-state index contributed by atoms with van der Waals surface area (Å²) in [5.74, 6) is 1.45. The lowest BCUT2D eigenvalue weighted by Crippen LogP contribution is -2.25. The first-order valence-electron chi connectivity index (χ1n) is 10.9. The molecule has 0 aliphatic heterocycles. The SMILES string of the molecule is C=C(O)CC(C)c1ccc(OCC2=CC3(CCCCC3)CCC2)cc1.CC. The lowest BCUT2D eigenvalue weighted by atomic mass is 9.67. The first-order valence-corrected chi connectivity index (χ1v) is 10.9. The van der Waals surface area contributed by atoms with Crippen molar-refractivity contribution in [2.75, 3.05) is 6.61 Å². The van der Waals surface area contributed by atoms with Gasteiger partial charge in [0.15, 0.2) is 0 Å². The molecule has 2 nitrogen and oxygen atoms in total. The third kappa shape index (κ3) is 6.45. The predicted octanol–water partition coefficient (Wildman–Crippen LogP) is 7.72. The summed E-state index contributed by atoms with van der Waals surface area (Å²) in [6, 6.07) is 8.29. The van der Waals surface area contributed by atoms with Crippen molar-refractivity contribution in [1.82, 2.24) is 0 Å². The molecule has 1 unspecified atom stereocenters. The molecule has 27 heavy (non-hydrogen) atoms. The molecule has 1 atom stereocenters. The lowest BCUT2D eigenvalue weighted by Gasteiger charge is -2.38. The van der Waals surface area contributed by atoms with E-state index in [1.165, 1.54) is 62.5 Å². The van der Waals surface area contributed by atoms with Crippen LogP contribution in [0.5, 0.6) is 5.75 Å². The van der Waals surface area contributed by atoms with Crippen molar-refractivity contribution in [3.05, 3.63) is 53.8 Å². The Bertz CT molecular complexity index is 606. The van der Waals surface area contributed by atoms with E-state index < -0.39 is 0 Å². The highest BCUT2D eigenvalue weighted by Gasteiger charge is 2.32. The van der Waals surface area contributed by atoms with Crippen LogP contribution in [0.15, 0.2) is 48.3 Å². The van der Waals surface area contributed by atoms with E-state index in [9.17, 15) is 5.11 Å². The molecule has 0 heterocycles. The van der Waals surface area contributed by atoms with Gasteiger partial charge >= 0.3 is 0 Å². The molecular weight excluding hydrogens is 332 g/mol. The monoisotopic (exact) mass is 370 g/mol. The molecule has 1 aromatic rings. The fourth-order valence-electron chi connectivity index (χ4n) is 4.55. The van der Waals surface area contributed by atoms with Crippen LogP contribution in [-0.4, -0.2) is 11.7 Å². The fraction of sp³-hybridized carbons (Fsp3) is 0.600. The number of allylic oxidation sites excluding steroid dienone is 2. The van der Waals surface area contributed by atoms with Gasteiger partial charge in [-0.15, -0.1) is 0 Å². The van der Waals surface area contributed by atoms with Gasteiger partial charge in [-0.25, -0.2) is 0 Å². The van der Waals surface area contributed by atoms with Crippen molar-refractivity contribution in [2.45, 2.75) is 84.5 Å². The first-order chi connectivity index (χ1) is 13.1. The Morgan fingerprint density at radius 2 is 1.70 bits per heavy atom. The third-order valence-electron chi connectivity index (χ3n) is 5.95. The molecule has 1 fully saturated rings. The van der Waals surface area contributed by atoms with Crippen LogP contribution in [0.4, 0.5) is 0 Å². The molecule has 0 amide bonds. The minimum Gasteiger partial charge on any atom is -0.513 e. The molecule has 0 radical (unpaired) electrons. The van der Waals surface area contributed by atoms with Gasteiger partial charge < -0.3 is 9.84 Å². The van der Waals surface area contributed by atoms with Crippen molar-refractivity contribution in [3.8, 4) is 5.75 Å². The van der Waals surface area contributed by atoms with Crippen LogP contribution in [0, 0.1) is 5.41 Å². The van der Waals surface area contributed by atoms with Crippen LogP contribution in [0.25, 0.3) is 0 Å². The van der Waals surface area contributed by atoms with E-state index in [1.54, 1.807) is 0 Å². The lowest BCUT2D eigenvalue weighted by molar-refractivity contribution is 0.216. The van der Waals surface area contributed by atoms with Crippen LogP contribution in [0.3, 0.4) is 0 Å². The van der Waals surface area contributed by atoms with E-state index in [1.807, 2.05) is 26.0 Å². The summed E-state index contributed by atoms with van der Waals surface area (Å²) in [7, 11) is 0. The standard InChI is InChI=1S/C23H32O2.C2H6/c1-18(15-19(2)24)21-8-10-22(11-9-21)25-17-20-7-6-14-23(16-20)12-4-3-5-13-23;1-2/h8-11,16,18,24H,2-7,12-15,17H2,1H3;1-2H3. The van der Waals surface area contributed by atoms with E-state index in [0.717, 1.165) is 12.4 Å². The smallest absolute Gasteiger partial charge is 0.119 e. The average Bonchev–Trinajstić information content (AvgIpc) is 2.68. The zero-order chi connectivity index (χ0) is 19.7. The highest BCUT2D eigenvalue weighted by atomic mass is 16.5. The molecule has 1 N–H and O–H groups in total. The Morgan fingerprint density at radius 3 is 2.33 bits per heavy atom. The number of rotatable bonds is 6. The predicted molar refractivity (Wildman–Crippen MR) is 116 cm³/mol. The summed E-state index contributed by atoms with van der Waals surface area (Å²) in [4.78, 5) is 0. The number of hydrogen-bond acceptors (Lipinski definition) is 2. The van der Waals surface area contributed by atoms with Gasteiger partial charge in [0.25, 0.3) is 0 Å². The van der Waals surface area contributed by atoms with Crippen LogP contribution in [0.1, 0.15) is 90.0 Å². The molecule has 1 aromatic carbocycles. The molecule has 150 valence electrons. The zero-order valence-electron chi connectivity index (χ0n) is 17.6. The minimum absolute atomic E-state index is 0.244. The van der Waals surface area contributed by atoms with E-state index in [-0.39, 0.29) is 11.7 Å². The Hall–Kier alpha value is -1.70. The second kappa shape index (κ2) is 10.6. The molecule has 3 rings (SSSR count). The summed E-state index contributed by atoms with van der Waals surface area (Å²) >= 11 is 0. The molecule has 0 aromatic heterocycles. The van der Waals surface area contributed by atoms with Gasteiger partial charge in [-0.05, 0) is 66.7 Å². The van der Waals surface area contributed by atoms with Crippen molar-refractivity contribution in [1.29, 1.82) is 0 Å². The van der Waals surface area contributed by atoms with E-state index in [4.69, 9.17) is 4.74 Å². The largest absolute Gasteiger partial charge is 0.513 e. The summed E-state index contributed by atoms with van der Waals surface area (Å²) in [5, 5.41) is 9.35. The number of hydrogen-bond donors (Lipinski definition) is 1. The number of ether oxygens (including phenoxy) is 1. The van der Waals surface area contributed by atoms with Crippen LogP contribution in [0.2, 0.25) is 0 Å². The quantitative estimate of drug-likeness (QED) is 0.410. The highest BCUT2D eigenvalue weighted by Crippen LogP contribution is 2.45. The van der Waals surface area contributed by atoms with Crippen LogP contribution in [-0.2, 0) is 0 Å². The van der Waals surface area contributed by atoms with E-state index in [0.29, 0.717) is 11.8 Å². The van der Waals surface area contributed by atoms with Gasteiger partial charge in [0, 0.05) is 6.42 Å². The fourth-order valence-corrected chi connectivity index (χ4v) is 4.55. The summed E-state index contributed by atoms with van der Waals surface area (Å²) < 4.78 is 6.06. The highest BCUT2D eigenvalue weighted by molar-refractivity contribution is 5.30. The summed E-state index contributed by atoms with van der Waals surface area (Å²) in [6.07, 6.45) is 14.0. The Labute approximate surface area is 166 Å². The molecule has 2 heteroatoms. The number of aliphatic hydroxyl groups excluding tert-OH is 1. The van der Waals surface area contributed by atoms with Gasteiger partial charge in [0.05, 0.1) is 5.76 Å². The zero-order valence-corrected chi connectivity index (χ0v) is 17.6. The van der Waals surface area contributed by atoms with E-state index >= 15 is 0 Å². The molecule has 2 aliphatic carbocycles. The number of aliphatic hydroxyl groups is 1. The van der Waals surface area contributed by atoms with Gasteiger partial charge in [-0.2, -0.15) is 0 Å². The van der Waals surface area contributed by atoms with Crippen molar-refractivity contribution in [2.24, 2.45) is 5.41 Å². The van der Waals surface area contributed by atoms with Gasteiger partial charge in [0.2, 0.25) is 0 Å². The Morgan fingerprint density at radius 1 is 1.07 bits per heavy atom. The maximum Gasteiger partial charge on any atom is 0.119 e. The van der Waals surface area contributed by atoms with Crippen molar-refractivity contribution < 1.29 is 9.84 Å². The first kappa shape index (κ1) is 21.6. The normalized spacial score (nSPS) is 19.4. The Kier molecular flexibility index (Phi) is 8.47. The molecule has 2 aliphatic rings. The average molecular weight is 371 g/mol. The van der Waals surface area contributed by atoms with Crippen molar-refractivity contribution >= 4 is 0 Å². The number of benzene rings is 1. The molecule has 1 spiro atoms. The second-order valence-electron chi connectivity index (χ2n) is 8.11. The maximum atomic E-state index is 9.35.